The highest BCUT2D eigenvalue weighted by atomic mass is 19.1. The molecule has 2 nitrogen and oxygen atoms in total. The molecule has 4 aliphatic carbocycles. The van der Waals surface area contributed by atoms with Crippen LogP contribution in [0.3, 0.4) is 0 Å². The Kier molecular flexibility index (Phi) is 3.40. The maximum Gasteiger partial charge on any atom is 0.314 e. The molecule has 0 saturated heterocycles. The number of benzene rings is 2. The molecule has 4 saturated carbocycles. The predicted molar refractivity (Wildman–Crippen MR) is 110 cm³/mol. The second-order valence-electron chi connectivity index (χ2n) is 10.1. The molecular weight excluding hydrogens is 363 g/mol. The van der Waals surface area contributed by atoms with Crippen molar-refractivity contribution in [2.24, 2.45) is 35.0 Å². The van der Waals surface area contributed by atoms with E-state index in [1.165, 1.54) is 31.7 Å². The molecule has 3 heteroatoms. The van der Waals surface area contributed by atoms with Crippen LogP contribution >= 0.6 is 0 Å². The first kappa shape index (κ1) is 17.5. The van der Waals surface area contributed by atoms with Crippen LogP contribution in [0.15, 0.2) is 24.3 Å². The zero-order valence-electron chi connectivity index (χ0n) is 16.9. The largest absolute Gasteiger partial charge is 0.426 e. The topological polar surface area (TPSA) is 26.3 Å². The molecule has 29 heavy (non-hydrogen) atoms. The van der Waals surface area contributed by atoms with Crippen LogP contribution in [0, 0.1) is 53.2 Å². The van der Waals surface area contributed by atoms with Gasteiger partial charge in [-0.2, -0.15) is 0 Å². The molecule has 4 aliphatic rings. The van der Waals surface area contributed by atoms with Crippen LogP contribution in [-0.4, -0.2) is 5.97 Å². The molecule has 0 N–H and O–H groups in total. The fourth-order valence-corrected chi connectivity index (χ4v) is 7.67. The van der Waals surface area contributed by atoms with Gasteiger partial charge in [0.1, 0.15) is 11.6 Å². The molecule has 6 rings (SSSR count). The van der Waals surface area contributed by atoms with Crippen LogP contribution in [0.4, 0.5) is 4.39 Å². The lowest BCUT2D eigenvalue weighted by Gasteiger charge is -2.67. The summed E-state index contributed by atoms with van der Waals surface area (Å²) in [6.07, 6.45) is 10.7. The third kappa shape index (κ3) is 2.05. The van der Waals surface area contributed by atoms with Crippen LogP contribution in [0.1, 0.15) is 56.6 Å². The Bertz CT molecular complexity index is 1110. The van der Waals surface area contributed by atoms with Gasteiger partial charge in [0.2, 0.25) is 0 Å². The van der Waals surface area contributed by atoms with Gasteiger partial charge >= 0.3 is 5.97 Å². The fourth-order valence-electron chi connectivity index (χ4n) is 7.67. The quantitative estimate of drug-likeness (QED) is 0.385. The van der Waals surface area contributed by atoms with Crippen LogP contribution in [0.2, 0.25) is 0 Å². The molecule has 148 valence electrons. The molecule has 2 aromatic rings. The average molecular weight is 388 g/mol. The van der Waals surface area contributed by atoms with Crippen molar-refractivity contribution in [2.45, 2.75) is 45.4 Å². The lowest BCUT2D eigenvalue weighted by atomic mass is 9.37. The van der Waals surface area contributed by atoms with E-state index in [1.54, 1.807) is 6.07 Å². The highest BCUT2D eigenvalue weighted by Gasteiger charge is 2.77. The number of hydrogen-bond donors (Lipinski definition) is 0. The molecule has 2 bridgehead atoms. The van der Waals surface area contributed by atoms with Crippen molar-refractivity contribution >= 4 is 16.7 Å². The fraction of sp³-hybridized carbons (Fsp3) is 0.500. The number of carbonyl (C=O) groups is 1. The third-order valence-electron chi connectivity index (χ3n) is 8.79. The molecule has 0 aliphatic heterocycles. The summed E-state index contributed by atoms with van der Waals surface area (Å²) >= 11 is 0. The van der Waals surface area contributed by atoms with Crippen LogP contribution < -0.4 is 4.74 Å². The lowest BCUT2D eigenvalue weighted by molar-refractivity contribution is -0.199. The lowest BCUT2D eigenvalue weighted by Crippen LogP contribution is -2.62. The highest BCUT2D eigenvalue weighted by Crippen LogP contribution is 2.82. The molecule has 4 fully saturated rings. The van der Waals surface area contributed by atoms with Crippen LogP contribution in [0.25, 0.3) is 10.8 Å². The van der Waals surface area contributed by atoms with Gasteiger partial charge in [-0.15, -0.1) is 6.42 Å². The highest BCUT2D eigenvalue weighted by molar-refractivity contribution is 5.93. The second-order valence-corrected chi connectivity index (χ2v) is 10.1. The van der Waals surface area contributed by atoms with Gasteiger partial charge < -0.3 is 4.74 Å². The summed E-state index contributed by atoms with van der Waals surface area (Å²) in [5.41, 5.74) is 1.71. The van der Waals surface area contributed by atoms with Gasteiger partial charge in [0.25, 0.3) is 0 Å². The second kappa shape index (κ2) is 5.63. The van der Waals surface area contributed by atoms with Crippen molar-refractivity contribution < 1.29 is 13.9 Å². The number of halogens is 1. The standard InChI is InChI=1S/C26H25FO2/c1-4-19-22(27)6-5-14-8-18(11-20(13(2)3)23(14)19)29-25(28)24-15-7-16-9-17-10-21(24)26(16,17)12-15/h1,5-6,8,11,13,15-17,21,24H,7,9-10,12H2,2-3H3. The van der Waals surface area contributed by atoms with E-state index in [2.05, 4.69) is 5.92 Å². The molecule has 1 spiro atoms. The minimum Gasteiger partial charge on any atom is -0.426 e. The number of ether oxygens (including phenoxy) is 1. The van der Waals surface area contributed by atoms with E-state index in [0.717, 1.165) is 28.2 Å². The number of carbonyl (C=O) groups excluding carboxylic acids is 1. The van der Waals surface area contributed by atoms with Crippen LogP contribution in [-0.2, 0) is 4.79 Å². The summed E-state index contributed by atoms with van der Waals surface area (Å²) in [5.74, 6) is 5.63. The minimum absolute atomic E-state index is 0.0611. The Hall–Kier alpha value is -2.34. The summed E-state index contributed by atoms with van der Waals surface area (Å²) in [7, 11) is 0. The summed E-state index contributed by atoms with van der Waals surface area (Å²) in [4.78, 5) is 13.2. The van der Waals surface area contributed by atoms with E-state index >= 15 is 0 Å². The van der Waals surface area contributed by atoms with Crippen molar-refractivity contribution in [3.63, 3.8) is 0 Å². The first-order chi connectivity index (χ1) is 13.9. The smallest absolute Gasteiger partial charge is 0.314 e. The molecule has 6 atom stereocenters. The van der Waals surface area contributed by atoms with Gasteiger partial charge in [0, 0.05) is 5.39 Å². The number of fused-ring (bicyclic) bond motifs is 2. The van der Waals surface area contributed by atoms with Crippen molar-refractivity contribution in [1.82, 2.24) is 0 Å². The normalized spacial score (nSPS) is 35.8. The molecule has 6 unspecified atom stereocenters. The molecule has 2 aromatic carbocycles. The van der Waals surface area contributed by atoms with Crippen molar-refractivity contribution in [1.29, 1.82) is 0 Å². The summed E-state index contributed by atoms with van der Waals surface area (Å²) in [6, 6.07) is 6.83. The van der Waals surface area contributed by atoms with Crippen LogP contribution in [0.5, 0.6) is 5.75 Å². The summed E-state index contributed by atoms with van der Waals surface area (Å²) in [6.45, 7) is 4.10. The van der Waals surface area contributed by atoms with Crippen molar-refractivity contribution in [2.75, 3.05) is 0 Å². The van der Waals surface area contributed by atoms with E-state index in [0.29, 0.717) is 23.0 Å². The maximum atomic E-state index is 14.3. The number of esters is 1. The number of hydrogen-bond acceptors (Lipinski definition) is 2. The van der Waals surface area contributed by atoms with E-state index in [-0.39, 0.29) is 29.2 Å². The molecule has 0 amide bonds. The first-order valence-corrected chi connectivity index (χ1v) is 10.9. The Morgan fingerprint density at radius 3 is 2.72 bits per heavy atom. The SMILES string of the molecule is C#Cc1c(F)ccc2cc(OC(=O)C3C4CC5CC6CC3C56C4)cc(C(C)C)c12. The number of rotatable bonds is 3. The van der Waals surface area contributed by atoms with Crippen molar-refractivity contribution in [3.05, 3.63) is 41.2 Å². The minimum atomic E-state index is -0.387. The maximum absolute atomic E-state index is 14.3. The zero-order valence-corrected chi connectivity index (χ0v) is 16.9. The van der Waals surface area contributed by atoms with Gasteiger partial charge in [-0.1, -0.05) is 25.8 Å². The molecule has 0 radical (unpaired) electrons. The van der Waals surface area contributed by atoms with Gasteiger partial charge in [-0.3, -0.25) is 4.79 Å². The average Bonchev–Trinajstić information content (AvgIpc) is 3.17. The Morgan fingerprint density at radius 1 is 1.24 bits per heavy atom. The van der Waals surface area contributed by atoms with E-state index in [9.17, 15) is 9.18 Å². The third-order valence-corrected chi connectivity index (χ3v) is 8.79. The predicted octanol–water partition coefficient (Wildman–Crippen LogP) is 5.67. The molecular formula is C26H25FO2. The summed E-state index contributed by atoms with van der Waals surface area (Å²) < 4.78 is 20.2. The van der Waals surface area contributed by atoms with E-state index in [4.69, 9.17) is 11.2 Å². The monoisotopic (exact) mass is 388 g/mol. The van der Waals surface area contributed by atoms with Gasteiger partial charge in [0.05, 0.1) is 11.5 Å². The molecule has 0 aromatic heterocycles. The van der Waals surface area contributed by atoms with E-state index < -0.39 is 0 Å². The molecule has 0 heterocycles. The van der Waals surface area contributed by atoms with Gasteiger partial charge in [0.15, 0.2) is 0 Å². The van der Waals surface area contributed by atoms with Gasteiger partial charge in [-0.25, -0.2) is 4.39 Å². The summed E-state index contributed by atoms with van der Waals surface area (Å²) in [5, 5.41) is 1.57. The van der Waals surface area contributed by atoms with E-state index in [1.807, 2.05) is 26.0 Å². The Labute approximate surface area is 170 Å². The van der Waals surface area contributed by atoms with Crippen molar-refractivity contribution in [3.8, 4) is 18.1 Å². The van der Waals surface area contributed by atoms with Gasteiger partial charge in [-0.05, 0) is 89.8 Å². The first-order valence-electron chi connectivity index (χ1n) is 10.9. The Balaban J connectivity index is 1.35. The number of terminal acetylenes is 1. The zero-order chi connectivity index (χ0) is 20.1. The Morgan fingerprint density at radius 2 is 2.03 bits per heavy atom.